The van der Waals surface area contributed by atoms with Crippen molar-refractivity contribution in [1.29, 1.82) is 0 Å². The first-order chi connectivity index (χ1) is 10.3. The SMILES string of the molecule is CN1CC(F)(F)C(O)(c2cc(-c3cccc(Br)n3)no2)C1=O. The molecule has 1 N–H and O–H groups in total. The first-order valence-electron chi connectivity index (χ1n) is 6.21. The van der Waals surface area contributed by atoms with Gasteiger partial charge in [0.25, 0.3) is 11.5 Å². The molecule has 0 spiro atoms. The van der Waals surface area contributed by atoms with Gasteiger partial charge >= 0.3 is 5.92 Å². The van der Waals surface area contributed by atoms with Gasteiger partial charge in [0.1, 0.15) is 10.3 Å². The van der Waals surface area contributed by atoms with Crippen LogP contribution in [0.3, 0.4) is 0 Å². The summed E-state index contributed by atoms with van der Waals surface area (Å²) in [6, 6.07) is 6.05. The van der Waals surface area contributed by atoms with E-state index in [9.17, 15) is 18.7 Å². The quantitative estimate of drug-likeness (QED) is 0.811. The van der Waals surface area contributed by atoms with Crippen LogP contribution in [0.5, 0.6) is 0 Å². The Balaban J connectivity index is 2.05. The number of hydrogen-bond acceptors (Lipinski definition) is 5. The molecule has 0 aliphatic carbocycles. The van der Waals surface area contributed by atoms with Gasteiger partial charge in [0.2, 0.25) is 0 Å². The van der Waals surface area contributed by atoms with E-state index in [2.05, 4.69) is 26.1 Å². The standard InChI is InChI=1S/C13H10BrF2N3O3/c1-19-6-12(15,16)13(21,11(19)20)9-5-8(18-22-9)7-3-2-4-10(14)17-7/h2-5,21H,6H2,1H3. The number of hydrogen-bond donors (Lipinski definition) is 1. The first-order valence-corrected chi connectivity index (χ1v) is 7.01. The lowest BCUT2D eigenvalue weighted by Gasteiger charge is -2.22. The van der Waals surface area contributed by atoms with Crippen molar-refractivity contribution >= 4 is 21.8 Å². The molecule has 1 unspecified atom stereocenters. The van der Waals surface area contributed by atoms with Gasteiger partial charge in [0.05, 0.1) is 12.2 Å². The third kappa shape index (κ3) is 2.03. The summed E-state index contributed by atoms with van der Waals surface area (Å²) in [5.41, 5.74) is -2.56. The number of carbonyl (C=O) groups is 1. The summed E-state index contributed by atoms with van der Waals surface area (Å²) < 4.78 is 33.4. The van der Waals surface area contributed by atoms with E-state index in [-0.39, 0.29) is 5.69 Å². The fourth-order valence-electron chi connectivity index (χ4n) is 2.32. The van der Waals surface area contributed by atoms with Crippen LogP contribution in [-0.4, -0.2) is 45.6 Å². The number of carbonyl (C=O) groups excluding carboxylic acids is 1. The van der Waals surface area contributed by atoms with E-state index in [1.54, 1.807) is 18.2 Å². The van der Waals surface area contributed by atoms with Gasteiger partial charge in [-0.25, -0.2) is 13.8 Å². The fourth-order valence-corrected chi connectivity index (χ4v) is 2.66. The van der Waals surface area contributed by atoms with E-state index in [4.69, 9.17) is 4.52 Å². The Morgan fingerprint density at radius 2 is 2.14 bits per heavy atom. The van der Waals surface area contributed by atoms with E-state index < -0.39 is 29.7 Å². The number of alkyl halides is 2. The third-order valence-corrected chi connectivity index (χ3v) is 3.91. The molecule has 1 atom stereocenters. The van der Waals surface area contributed by atoms with Crippen LogP contribution in [0, 0.1) is 0 Å². The molecule has 3 heterocycles. The topological polar surface area (TPSA) is 79.5 Å². The zero-order valence-corrected chi connectivity index (χ0v) is 12.8. The number of aliphatic hydroxyl groups is 1. The second-order valence-corrected chi connectivity index (χ2v) is 5.81. The van der Waals surface area contributed by atoms with Gasteiger partial charge in [0, 0.05) is 13.1 Å². The molecule has 6 nitrogen and oxygen atoms in total. The smallest absolute Gasteiger partial charge is 0.309 e. The maximum atomic E-state index is 14.0. The van der Waals surface area contributed by atoms with Gasteiger partial charge in [-0.05, 0) is 28.1 Å². The predicted molar refractivity (Wildman–Crippen MR) is 73.9 cm³/mol. The summed E-state index contributed by atoms with van der Waals surface area (Å²) in [6.45, 7) is -0.895. The maximum absolute atomic E-state index is 14.0. The summed E-state index contributed by atoms with van der Waals surface area (Å²) in [6.07, 6.45) is 0. The Labute approximate surface area is 131 Å². The molecule has 1 aliphatic heterocycles. The Morgan fingerprint density at radius 1 is 1.41 bits per heavy atom. The lowest BCUT2D eigenvalue weighted by molar-refractivity contribution is -0.179. The predicted octanol–water partition coefficient (Wildman–Crippen LogP) is 1.79. The summed E-state index contributed by atoms with van der Waals surface area (Å²) in [5.74, 6) is -5.42. The zero-order chi connectivity index (χ0) is 16.1. The van der Waals surface area contributed by atoms with Crippen molar-refractivity contribution < 1.29 is 23.2 Å². The number of aromatic nitrogens is 2. The molecule has 0 saturated carbocycles. The molecular formula is C13H10BrF2N3O3. The van der Waals surface area contributed by atoms with Crippen LogP contribution in [0.25, 0.3) is 11.4 Å². The third-order valence-electron chi connectivity index (χ3n) is 3.47. The molecule has 1 saturated heterocycles. The highest BCUT2D eigenvalue weighted by molar-refractivity contribution is 9.10. The molecule has 22 heavy (non-hydrogen) atoms. The van der Waals surface area contributed by atoms with Gasteiger partial charge < -0.3 is 14.5 Å². The van der Waals surface area contributed by atoms with Crippen LogP contribution in [-0.2, 0) is 10.4 Å². The van der Waals surface area contributed by atoms with Crippen LogP contribution >= 0.6 is 15.9 Å². The van der Waals surface area contributed by atoms with E-state index in [1.165, 1.54) is 7.05 Å². The van der Waals surface area contributed by atoms with Crippen LogP contribution < -0.4 is 0 Å². The minimum Gasteiger partial charge on any atom is -0.368 e. The second kappa shape index (κ2) is 4.82. The van der Waals surface area contributed by atoms with Crippen molar-refractivity contribution in [3.63, 3.8) is 0 Å². The Morgan fingerprint density at radius 3 is 2.73 bits per heavy atom. The first kappa shape index (κ1) is 15.0. The van der Waals surface area contributed by atoms with E-state index in [1.807, 2.05) is 0 Å². The Hall–Kier alpha value is -1.87. The second-order valence-electron chi connectivity index (χ2n) is 5.00. The van der Waals surface area contributed by atoms with Crippen LogP contribution in [0.2, 0.25) is 0 Å². The average Bonchev–Trinajstić information content (AvgIpc) is 2.99. The van der Waals surface area contributed by atoms with Crippen molar-refractivity contribution in [3.05, 3.63) is 34.6 Å². The molecule has 1 fully saturated rings. The van der Waals surface area contributed by atoms with E-state index in [0.29, 0.717) is 10.3 Å². The summed E-state index contributed by atoms with van der Waals surface area (Å²) in [7, 11) is 1.18. The van der Waals surface area contributed by atoms with Crippen molar-refractivity contribution in [3.8, 4) is 11.4 Å². The van der Waals surface area contributed by atoms with Crippen molar-refractivity contribution in [2.24, 2.45) is 0 Å². The molecule has 2 aromatic rings. The fraction of sp³-hybridized carbons (Fsp3) is 0.308. The largest absolute Gasteiger partial charge is 0.368 e. The molecule has 1 aliphatic rings. The normalized spacial score (nSPS) is 24.0. The highest BCUT2D eigenvalue weighted by atomic mass is 79.9. The highest BCUT2D eigenvalue weighted by Gasteiger charge is 2.68. The van der Waals surface area contributed by atoms with Crippen molar-refractivity contribution in [1.82, 2.24) is 15.0 Å². The van der Waals surface area contributed by atoms with Gasteiger partial charge in [-0.2, -0.15) is 0 Å². The van der Waals surface area contributed by atoms with Gasteiger partial charge in [-0.1, -0.05) is 11.2 Å². The summed E-state index contributed by atoms with van der Waals surface area (Å²) in [4.78, 5) is 16.8. The molecule has 0 aromatic carbocycles. The number of likely N-dealkylation sites (tertiary alicyclic amines) is 1. The van der Waals surface area contributed by atoms with Crippen LogP contribution in [0.4, 0.5) is 8.78 Å². The van der Waals surface area contributed by atoms with Gasteiger partial charge in [-0.15, -0.1) is 0 Å². The zero-order valence-electron chi connectivity index (χ0n) is 11.3. The molecule has 116 valence electrons. The Kier molecular flexibility index (Phi) is 3.29. The van der Waals surface area contributed by atoms with Crippen molar-refractivity contribution in [2.75, 3.05) is 13.6 Å². The van der Waals surface area contributed by atoms with E-state index in [0.717, 1.165) is 11.0 Å². The number of likely N-dealkylation sites (N-methyl/N-ethyl adjacent to an activating group) is 1. The molecule has 9 heteroatoms. The molecular weight excluding hydrogens is 364 g/mol. The molecule has 1 amide bonds. The summed E-state index contributed by atoms with van der Waals surface area (Å²) in [5, 5.41) is 13.9. The van der Waals surface area contributed by atoms with Crippen LogP contribution in [0.1, 0.15) is 5.76 Å². The molecule has 2 aromatic heterocycles. The highest BCUT2D eigenvalue weighted by Crippen LogP contribution is 2.45. The monoisotopic (exact) mass is 373 g/mol. The maximum Gasteiger partial charge on any atom is 0.309 e. The number of rotatable bonds is 2. The van der Waals surface area contributed by atoms with Crippen LogP contribution in [0.15, 0.2) is 33.4 Å². The van der Waals surface area contributed by atoms with Gasteiger partial charge in [0.15, 0.2) is 5.76 Å². The van der Waals surface area contributed by atoms with Crippen molar-refractivity contribution in [2.45, 2.75) is 11.5 Å². The lowest BCUT2D eigenvalue weighted by atomic mass is 9.95. The average molecular weight is 374 g/mol. The van der Waals surface area contributed by atoms with Gasteiger partial charge in [-0.3, -0.25) is 4.79 Å². The number of halogens is 3. The molecule has 0 radical (unpaired) electrons. The Bertz CT molecular complexity index is 752. The lowest BCUT2D eigenvalue weighted by Crippen LogP contribution is -2.46. The minimum absolute atomic E-state index is 0.142. The number of amides is 1. The number of nitrogens with zero attached hydrogens (tertiary/aromatic N) is 3. The number of pyridine rings is 1. The van der Waals surface area contributed by atoms with E-state index >= 15 is 0 Å². The molecule has 3 rings (SSSR count). The minimum atomic E-state index is -3.68. The summed E-state index contributed by atoms with van der Waals surface area (Å²) >= 11 is 3.18. The molecule has 0 bridgehead atoms.